The van der Waals surface area contributed by atoms with Gasteiger partial charge in [-0.1, -0.05) is 0 Å². The van der Waals surface area contributed by atoms with Gasteiger partial charge in [-0.2, -0.15) is 0 Å². The van der Waals surface area contributed by atoms with E-state index in [4.69, 9.17) is 15.2 Å². The fraction of sp³-hybridized carbons (Fsp3) is 1.00. The molecule has 0 aliphatic carbocycles. The quantitative estimate of drug-likeness (QED) is 0.602. The van der Waals surface area contributed by atoms with Crippen LogP contribution in [0, 0.1) is 0 Å². The van der Waals surface area contributed by atoms with Gasteiger partial charge in [-0.3, -0.25) is 4.90 Å². The smallest absolute Gasteiger partial charge is 0.0593 e. The highest BCUT2D eigenvalue weighted by molar-refractivity contribution is 4.96. The average molecular weight is 287 g/mol. The minimum absolute atomic E-state index is 0.126. The van der Waals surface area contributed by atoms with Gasteiger partial charge in [-0.25, -0.2) is 0 Å². The monoisotopic (exact) mass is 287 g/mol. The van der Waals surface area contributed by atoms with Crippen molar-refractivity contribution in [1.82, 2.24) is 9.80 Å². The zero-order valence-electron chi connectivity index (χ0n) is 13.6. The average Bonchev–Trinajstić information content (AvgIpc) is 2.47. The van der Waals surface area contributed by atoms with Gasteiger partial charge >= 0.3 is 0 Å². The van der Waals surface area contributed by atoms with E-state index in [1.165, 1.54) is 0 Å². The van der Waals surface area contributed by atoms with E-state index >= 15 is 0 Å². The molecule has 0 unspecified atom stereocenters. The highest BCUT2D eigenvalue weighted by Crippen LogP contribution is 2.27. The Kier molecular flexibility index (Phi) is 8.64. The van der Waals surface area contributed by atoms with Crippen LogP contribution in [0.3, 0.4) is 0 Å². The van der Waals surface area contributed by atoms with Crippen LogP contribution in [0.5, 0.6) is 0 Å². The first-order chi connectivity index (χ1) is 9.68. The van der Waals surface area contributed by atoms with Gasteiger partial charge in [-0.05, 0) is 46.8 Å². The van der Waals surface area contributed by atoms with Crippen LogP contribution in [0.4, 0.5) is 0 Å². The second-order valence-electron chi connectivity index (χ2n) is 5.61. The lowest BCUT2D eigenvalue weighted by Gasteiger charge is -2.48. The largest absolute Gasteiger partial charge is 0.380 e. The normalized spacial score (nSPS) is 19.6. The van der Waals surface area contributed by atoms with Gasteiger partial charge in [0, 0.05) is 38.4 Å². The van der Waals surface area contributed by atoms with Crippen LogP contribution in [0.25, 0.3) is 0 Å². The van der Waals surface area contributed by atoms with Crippen molar-refractivity contribution >= 4 is 0 Å². The summed E-state index contributed by atoms with van der Waals surface area (Å²) in [5.74, 6) is 0. The van der Waals surface area contributed by atoms with Crippen molar-refractivity contribution in [3.05, 3.63) is 0 Å². The molecule has 0 atom stereocenters. The lowest BCUT2D eigenvalue weighted by molar-refractivity contribution is -0.00698. The van der Waals surface area contributed by atoms with Crippen molar-refractivity contribution in [2.24, 2.45) is 5.73 Å². The van der Waals surface area contributed by atoms with Crippen LogP contribution in [-0.2, 0) is 9.47 Å². The summed E-state index contributed by atoms with van der Waals surface area (Å²) in [4.78, 5) is 4.89. The molecule has 1 rings (SSSR count). The third-order valence-corrected chi connectivity index (χ3v) is 4.39. The van der Waals surface area contributed by atoms with Gasteiger partial charge in [0.05, 0.1) is 13.2 Å². The summed E-state index contributed by atoms with van der Waals surface area (Å²) in [5, 5.41) is 0. The van der Waals surface area contributed by atoms with Crippen molar-refractivity contribution in [1.29, 1.82) is 0 Å². The first-order valence-electron chi connectivity index (χ1n) is 7.97. The molecule has 0 aromatic rings. The SMILES string of the molecule is CCOCCN(CCOCC)C1(CN)CCN(C)CC1. The molecule has 1 aliphatic rings. The number of likely N-dealkylation sites (tertiary alicyclic amines) is 1. The molecule has 0 aromatic heterocycles. The summed E-state index contributed by atoms with van der Waals surface area (Å²) in [7, 11) is 2.19. The van der Waals surface area contributed by atoms with E-state index in [1.807, 2.05) is 13.8 Å². The molecule has 0 aromatic carbocycles. The molecule has 2 N–H and O–H groups in total. The van der Waals surface area contributed by atoms with Crippen LogP contribution >= 0.6 is 0 Å². The Bertz CT molecular complexity index is 233. The number of hydrogen-bond acceptors (Lipinski definition) is 5. The third kappa shape index (κ3) is 5.30. The van der Waals surface area contributed by atoms with Gasteiger partial charge in [0.15, 0.2) is 0 Å². The summed E-state index contributed by atoms with van der Waals surface area (Å²) in [6.07, 6.45) is 2.27. The molecule has 5 nitrogen and oxygen atoms in total. The molecule has 1 saturated heterocycles. The molecule has 0 radical (unpaired) electrons. The van der Waals surface area contributed by atoms with Crippen LogP contribution in [0.1, 0.15) is 26.7 Å². The number of rotatable bonds is 10. The predicted octanol–water partition coefficient (Wildman–Crippen LogP) is 0.785. The van der Waals surface area contributed by atoms with Gasteiger partial charge in [-0.15, -0.1) is 0 Å². The molecule has 0 bridgehead atoms. The Morgan fingerprint density at radius 2 is 1.55 bits per heavy atom. The van der Waals surface area contributed by atoms with Crippen LogP contribution in [0.15, 0.2) is 0 Å². The van der Waals surface area contributed by atoms with E-state index < -0.39 is 0 Å². The second kappa shape index (κ2) is 9.68. The maximum atomic E-state index is 6.15. The van der Waals surface area contributed by atoms with Crippen LogP contribution in [0.2, 0.25) is 0 Å². The summed E-state index contributed by atoms with van der Waals surface area (Å²) in [5.41, 5.74) is 6.28. The van der Waals surface area contributed by atoms with Crippen LogP contribution in [-0.4, -0.2) is 81.5 Å². The van der Waals surface area contributed by atoms with Gasteiger partial charge in [0.2, 0.25) is 0 Å². The van der Waals surface area contributed by atoms with Crippen LogP contribution < -0.4 is 5.73 Å². The lowest BCUT2D eigenvalue weighted by atomic mass is 9.85. The van der Waals surface area contributed by atoms with Crippen molar-refractivity contribution in [2.45, 2.75) is 32.2 Å². The standard InChI is InChI=1S/C15H33N3O2/c1-4-19-12-10-18(11-13-20-5-2)15(14-16)6-8-17(3)9-7-15/h4-14,16H2,1-3H3. The highest BCUT2D eigenvalue weighted by Gasteiger charge is 2.37. The molecule has 5 heteroatoms. The molecule has 0 amide bonds. The highest BCUT2D eigenvalue weighted by atomic mass is 16.5. The molecular weight excluding hydrogens is 254 g/mol. The summed E-state index contributed by atoms with van der Waals surface area (Å²) >= 11 is 0. The maximum Gasteiger partial charge on any atom is 0.0593 e. The van der Waals surface area contributed by atoms with E-state index in [-0.39, 0.29) is 5.54 Å². The predicted molar refractivity (Wildman–Crippen MR) is 83.1 cm³/mol. The fourth-order valence-electron chi connectivity index (χ4n) is 2.91. The minimum atomic E-state index is 0.126. The van der Waals surface area contributed by atoms with Gasteiger partial charge in [0.1, 0.15) is 0 Å². The summed E-state index contributed by atoms with van der Waals surface area (Å²) < 4.78 is 11.1. The minimum Gasteiger partial charge on any atom is -0.380 e. The Labute approximate surface area is 124 Å². The number of nitrogens with zero attached hydrogens (tertiary/aromatic N) is 2. The molecule has 120 valence electrons. The van der Waals surface area contributed by atoms with E-state index in [0.29, 0.717) is 0 Å². The van der Waals surface area contributed by atoms with Gasteiger partial charge < -0.3 is 20.1 Å². The Balaban J connectivity index is 2.60. The van der Waals surface area contributed by atoms with E-state index in [2.05, 4.69) is 16.8 Å². The van der Waals surface area contributed by atoms with Crippen molar-refractivity contribution in [3.63, 3.8) is 0 Å². The zero-order valence-corrected chi connectivity index (χ0v) is 13.6. The maximum absolute atomic E-state index is 6.15. The molecular formula is C15H33N3O2. The van der Waals surface area contributed by atoms with E-state index in [0.717, 1.165) is 72.0 Å². The van der Waals surface area contributed by atoms with Crippen molar-refractivity contribution < 1.29 is 9.47 Å². The third-order valence-electron chi connectivity index (χ3n) is 4.39. The number of nitrogens with two attached hydrogens (primary N) is 1. The van der Waals surface area contributed by atoms with E-state index in [1.54, 1.807) is 0 Å². The fourth-order valence-corrected chi connectivity index (χ4v) is 2.91. The first-order valence-corrected chi connectivity index (χ1v) is 7.97. The number of piperidine rings is 1. The summed E-state index contributed by atoms with van der Waals surface area (Å²) in [6.45, 7) is 12.0. The topological polar surface area (TPSA) is 51.0 Å². The molecule has 0 spiro atoms. The van der Waals surface area contributed by atoms with Gasteiger partial charge in [0.25, 0.3) is 0 Å². The second-order valence-corrected chi connectivity index (χ2v) is 5.61. The zero-order chi connectivity index (χ0) is 14.8. The van der Waals surface area contributed by atoms with E-state index in [9.17, 15) is 0 Å². The lowest BCUT2D eigenvalue weighted by Crippen LogP contribution is -2.60. The molecule has 1 aliphatic heterocycles. The Morgan fingerprint density at radius 1 is 1.05 bits per heavy atom. The molecule has 1 fully saturated rings. The number of hydrogen-bond donors (Lipinski definition) is 1. The van der Waals surface area contributed by atoms with Crippen molar-refractivity contribution in [2.75, 3.05) is 66.2 Å². The summed E-state index contributed by atoms with van der Waals surface area (Å²) in [6, 6.07) is 0. The Hall–Kier alpha value is -0.200. The Morgan fingerprint density at radius 3 is 1.95 bits per heavy atom. The molecule has 20 heavy (non-hydrogen) atoms. The first kappa shape index (κ1) is 17.9. The van der Waals surface area contributed by atoms with Crippen molar-refractivity contribution in [3.8, 4) is 0 Å². The number of ether oxygens (including phenoxy) is 2. The molecule has 0 saturated carbocycles. The molecule has 1 heterocycles.